The summed E-state index contributed by atoms with van der Waals surface area (Å²) in [5.74, 6) is -0.284. The molecule has 1 aliphatic heterocycles. The molecule has 1 N–H and O–H groups in total. The number of nitrogens with zero attached hydrogens (tertiary/aromatic N) is 1. The number of fused-ring (bicyclic) bond motifs is 1. The molecule has 0 bridgehead atoms. The van der Waals surface area contributed by atoms with E-state index in [-0.39, 0.29) is 11.8 Å². The minimum atomic E-state index is -0.512. The number of hydrogen-bond donors (Lipinski definition) is 1. The van der Waals surface area contributed by atoms with Crippen LogP contribution < -0.4 is 10.2 Å². The van der Waals surface area contributed by atoms with Crippen LogP contribution in [0.2, 0.25) is 0 Å². The highest BCUT2D eigenvalue weighted by Crippen LogP contribution is 2.24. The minimum Gasteiger partial charge on any atom is -0.382 e. The quantitative estimate of drug-likeness (QED) is 0.831. The molecule has 1 unspecified atom stereocenters. The summed E-state index contributed by atoms with van der Waals surface area (Å²) in [7, 11) is 0. The van der Waals surface area contributed by atoms with Gasteiger partial charge in [-0.25, -0.2) is 0 Å². The number of carbonyl (C=O) groups is 2. The normalized spacial score (nSPS) is 18.5. The second-order valence-electron chi connectivity index (χ2n) is 4.75. The van der Waals surface area contributed by atoms with Crippen molar-refractivity contribution in [2.75, 3.05) is 24.7 Å². The van der Waals surface area contributed by atoms with E-state index in [1.54, 1.807) is 24.0 Å². The molecule has 1 atom stereocenters. The van der Waals surface area contributed by atoms with Gasteiger partial charge in [0.15, 0.2) is 0 Å². The van der Waals surface area contributed by atoms with E-state index in [0.29, 0.717) is 31.0 Å². The molecule has 0 fully saturated rings. The van der Waals surface area contributed by atoms with Crippen molar-refractivity contribution >= 4 is 17.5 Å². The molecule has 2 rings (SSSR count). The van der Waals surface area contributed by atoms with Gasteiger partial charge in [-0.15, -0.1) is 0 Å². The van der Waals surface area contributed by atoms with E-state index in [0.717, 1.165) is 6.42 Å². The highest BCUT2D eigenvalue weighted by molar-refractivity contribution is 6.10. The predicted octanol–water partition coefficient (Wildman–Crippen LogP) is 1.58. The number of para-hydroxylation sites is 1. The van der Waals surface area contributed by atoms with E-state index in [2.05, 4.69) is 5.32 Å². The van der Waals surface area contributed by atoms with Gasteiger partial charge in [-0.3, -0.25) is 9.59 Å². The lowest BCUT2D eigenvalue weighted by atomic mass is 10.1. The average molecular weight is 276 g/mol. The van der Waals surface area contributed by atoms with E-state index < -0.39 is 6.04 Å². The number of rotatable bonds is 5. The third-order valence-electron chi connectivity index (χ3n) is 3.30. The zero-order valence-electron chi connectivity index (χ0n) is 11.9. The number of benzene rings is 1. The molecular formula is C15H20N2O3. The van der Waals surface area contributed by atoms with Crippen LogP contribution in [-0.2, 0) is 9.53 Å². The molecule has 1 aromatic rings. The fourth-order valence-electron chi connectivity index (χ4n) is 2.29. The molecule has 0 aliphatic carbocycles. The summed E-state index contributed by atoms with van der Waals surface area (Å²) in [5, 5.41) is 2.72. The van der Waals surface area contributed by atoms with Crippen molar-refractivity contribution in [2.24, 2.45) is 0 Å². The second kappa shape index (κ2) is 6.52. The predicted molar refractivity (Wildman–Crippen MR) is 76.8 cm³/mol. The summed E-state index contributed by atoms with van der Waals surface area (Å²) in [5.41, 5.74) is 1.22. The summed E-state index contributed by atoms with van der Waals surface area (Å²) in [6.45, 7) is 5.48. The van der Waals surface area contributed by atoms with Crippen molar-refractivity contribution in [3.8, 4) is 0 Å². The molecule has 2 amide bonds. The Balaban J connectivity index is 2.24. The van der Waals surface area contributed by atoms with Crippen molar-refractivity contribution in [1.29, 1.82) is 0 Å². The zero-order chi connectivity index (χ0) is 14.5. The number of anilines is 1. The average Bonchev–Trinajstić information content (AvgIpc) is 2.54. The lowest BCUT2D eigenvalue weighted by molar-refractivity contribution is -0.120. The summed E-state index contributed by atoms with van der Waals surface area (Å²) in [6, 6.07) is 6.68. The topological polar surface area (TPSA) is 58.6 Å². The summed E-state index contributed by atoms with van der Waals surface area (Å²) in [4.78, 5) is 26.1. The Morgan fingerprint density at radius 3 is 2.80 bits per heavy atom. The van der Waals surface area contributed by atoms with Gasteiger partial charge in [-0.05, 0) is 32.4 Å². The molecule has 1 aromatic carbocycles. The van der Waals surface area contributed by atoms with E-state index >= 15 is 0 Å². The smallest absolute Gasteiger partial charge is 0.254 e. The van der Waals surface area contributed by atoms with Gasteiger partial charge in [0.2, 0.25) is 5.91 Å². The van der Waals surface area contributed by atoms with Crippen LogP contribution in [0.5, 0.6) is 0 Å². The van der Waals surface area contributed by atoms with Crippen LogP contribution in [0.1, 0.15) is 30.6 Å². The Kier molecular flexibility index (Phi) is 4.74. The Bertz CT molecular complexity index is 502. The Morgan fingerprint density at radius 2 is 2.05 bits per heavy atom. The van der Waals surface area contributed by atoms with Crippen molar-refractivity contribution in [3.63, 3.8) is 0 Å². The Morgan fingerprint density at radius 1 is 1.30 bits per heavy atom. The van der Waals surface area contributed by atoms with Crippen LogP contribution in [0.15, 0.2) is 24.3 Å². The van der Waals surface area contributed by atoms with E-state index in [1.165, 1.54) is 0 Å². The summed E-state index contributed by atoms with van der Waals surface area (Å²) in [6.07, 6.45) is 0.745. The number of hydrogen-bond acceptors (Lipinski definition) is 3. The highest BCUT2D eigenvalue weighted by Gasteiger charge is 2.30. The lowest BCUT2D eigenvalue weighted by Crippen LogP contribution is -2.44. The standard InChI is InChI=1S/C15H20N2O3/c1-3-20-10-6-9-17-13-8-5-4-7-12(13)14(18)16-11(2)15(17)19/h4-5,7-8,11H,3,6,9-10H2,1-2H3,(H,16,18). The maximum Gasteiger partial charge on any atom is 0.254 e. The van der Waals surface area contributed by atoms with Gasteiger partial charge >= 0.3 is 0 Å². The molecule has 5 heteroatoms. The van der Waals surface area contributed by atoms with E-state index in [4.69, 9.17) is 4.74 Å². The van der Waals surface area contributed by atoms with Crippen LogP contribution in [0.4, 0.5) is 5.69 Å². The molecule has 1 heterocycles. The largest absolute Gasteiger partial charge is 0.382 e. The van der Waals surface area contributed by atoms with E-state index in [1.807, 2.05) is 19.1 Å². The van der Waals surface area contributed by atoms with Crippen LogP contribution in [0.25, 0.3) is 0 Å². The Labute approximate surface area is 118 Å². The van der Waals surface area contributed by atoms with Gasteiger partial charge < -0.3 is 15.0 Å². The molecule has 1 aliphatic rings. The monoisotopic (exact) mass is 276 g/mol. The maximum absolute atomic E-state index is 12.4. The number of amides is 2. The van der Waals surface area contributed by atoms with Crippen molar-refractivity contribution in [3.05, 3.63) is 29.8 Å². The summed E-state index contributed by atoms with van der Waals surface area (Å²) >= 11 is 0. The number of nitrogens with one attached hydrogen (secondary N) is 1. The molecule has 0 aromatic heterocycles. The van der Waals surface area contributed by atoms with Gasteiger partial charge in [-0.1, -0.05) is 12.1 Å². The van der Waals surface area contributed by atoms with Crippen molar-refractivity contribution < 1.29 is 14.3 Å². The molecule has 0 saturated carbocycles. The Hall–Kier alpha value is -1.88. The first-order chi connectivity index (χ1) is 9.65. The van der Waals surface area contributed by atoms with Crippen LogP contribution in [0, 0.1) is 0 Å². The molecule has 0 radical (unpaired) electrons. The van der Waals surface area contributed by atoms with Gasteiger partial charge in [0.25, 0.3) is 5.91 Å². The molecule has 0 spiro atoms. The van der Waals surface area contributed by atoms with Crippen molar-refractivity contribution in [1.82, 2.24) is 5.32 Å². The SMILES string of the molecule is CCOCCCN1C(=O)C(C)NC(=O)c2ccccc21. The maximum atomic E-state index is 12.4. The molecule has 108 valence electrons. The van der Waals surface area contributed by atoms with Crippen molar-refractivity contribution in [2.45, 2.75) is 26.3 Å². The van der Waals surface area contributed by atoms with Gasteiger partial charge in [0.05, 0.1) is 11.3 Å². The van der Waals surface area contributed by atoms with Crippen LogP contribution >= 0.6 is 0 Å². The number of carbonyl (C=O) groups excluding carboxylic acids is 2. The van der Waals surface area contributed by atoms with Crippen LogP contribution in [-0.4, -0.2) is 37.6 Å². The molecule has 0 saturated heterocycles. The fourth-order valence-corrected chi connectivity index (χ4v) is 2.29. The molecule has 5 nitrogen and oxygen atoms in total. The van der Waals surface area contributed by atoms with Gasteiger partial charge in [-0.2, -0.15) is 0 Å². The highest BCUT2D eigenvalue weighted by atomic mass is 16.5. The minimum absolute atomic E-state index is 0.0835. The molecular weight excluding hydrogens is 256 g/mol. The van der Waals surface area contributed by atoms with Gasteiger partial charge in [0.1, 0.15) is 6.04 Å². The first-order valence-electron chi connectivity index (χ1n) is 6.94. The van der Waals surface area contributed by atoms with E-state index in [9.17, 15) is 9.59 Å². The number of ether oxygens (including phenoxy) is 1. The summed E-state index contributed by atoms with van der Waals surface area (Å²) < 4.78 is 5.31. The third kappa shape index (κ3) is 2.99. The zero-order valence-corrected chi connectivity index (χ0v) is 11.9. The first kappa shape index (κ1) is 14.5. The van der Waals surface area contributed by atoms with Gasteiger partial charge in [0, 0.05) is 19.8 Å². The first-order valence-corrected chi connectivity index (χ1v) is 6.94. The fraction of sp³-hybridized carbons (Fsp3) is 0.467. The third-order valence-corrected chi connectivity index (χ3v) is 3.30. The van der Waals surface area contributed by atoms with Crippen LogP contribution in [0.3, 0.4) is 0 Å². The lowest BCUT2D eigenvalue weighted by Gasteiger charge is -2.23. The second-order valence-corrected chi connectivity index (χ2v) is 4.75. The molecule has 20 heavy (non-hydrogen) atoms.